The number of para-hydroxylation sites is 3. The molecule has 1 saturated heterocycles. The normalized spacial score (nSPS) is 13.7. The number of anilines is 1. The predicted molar refractivity (Wildman–Crippen MR) is 133 cm³/mol. The Labute approximate surface area is 199 Å². The van der Waals surface area contributed by atoms with E-state index in [0.29, 0.717) is 25.5 Å². The van der Waals surface area contributed by atoms with Crippen LogP contribution in [0.3, 0.4) is 0 Å². The van der Waals surface area contributed by atoms with Gasteiger partial charge in [0.25, 0.3) is 5.91 Å². The van der Waals surface area contributed by atoms with Crippen LogP contribution in [0.4, 0.5) is 5.69 Å². The van der Waals surface area contributed by atoms with Crippen LogP contribution in [0.5, 0.6) is 5.75 Å². The van der Waals surface area contributed by atoms with E-state index in [9.17, 15) is 4.79 Å². The van der Waals surface area contributed by atoms with Crippen molar-refractivity contribution in [3.8, 4) is 22.8 Å². The average Bonchev–Trinajstić information content (AvgIpc) is 3.36. The van der Waals surface area contributed by atoms with Crippen LogP contribution >= 0.6 is 0 Å². The Morgan fingerprint density at radius 2 is 1.50 bits per heavy atom. The highest BCUT2D eigenvalue weighted by Crippen LogP contribution is 2.29. The van der Waals surface area contributed by atoms with Crippen molar-refractivity contribution in [2.24, 2.45) is 0 Å². The first kappa shape index (κ1) is 21.7. The smallest absolute Gasteiger partial charge is 0.293 e. The van der Waals surface area contributed by atoms with Crippen molar-refractivity contribution >= 4 is 11.6 Å². The molecule has 1 aliphatic rings. The van der Waals surface area contributed by atoms with Crippen LogP contribution in [-0.4, -0.2) is 58.4 Å². The first-order chi connectivity index (χ1) is 16.7. The van der Waals surface area contributed by atoms with Crippen molar-refractivity contribution in [3.63, 3.8) is 0 Å². The van der Waals surface area contributed by atoms with Gasteiger partial charge in [-0.05, 0) is 31.2 Å². The molecule has 1 fully saturated rings. The molecule has 0 N–H and O–H groups in total. The quantitative estimate of drug-likeness (QED) is 0.436. The van der Waals surface area contributed by atoms with Crippen molar-refractivity contribution < 1.29 is 9.53 Å². The summed E-state index contributed by atoms with van der Waals surface area (Å²) in [6.07, 6.45) is 0. The summed E-state index contributed by atoms with van der Waals surface area (Å²) < 4.78 is 7.54. The molecule has 3 aromatic carbocycles. The monoisotopic (exact) mass is 453 g/mol. The molecule has 2 heterocycles. The Kier molecular flexibility index (Phi) is 6.25. The van der Waals surface area contributed by atoms with Crippen molar-refractivity contribution in [2.75, 3.05) is 37.7 Å². The highest BCUT2D eigenvalue weighted by molar-refractivity contribution is 5.91. The molecule has 5 rings (SSSR count). The summed E-state index contributed by atoms with van der Waals surface area (Å²) in [6.45, 7) is 5.24. The zero-order valence-electron chi connectivity index (χ0n) is 19.2. The Morgan fingerprint density at radius 3 is 2.21 bits per heavy atom. The van der Waals surface area contributed by atoms with Gasteiger partial charge >= 0.3 is 0 Å². The molecule has 34 heavy (non-hydrogen) atoms. The van der Waals surface area contributed by atoms with Gasteiger partial charge < -0.3 is 14.5 Å². The second-order valence-electron chi connectivity index (χ2n) is 8.05. The molecule has 1 aromatic heterocycles. The third-order valence-electron chi connectivity index (χ3n) is 5.90. The number of rotatable bonds is 6. The van der Waals surface area contributed by atoms with E-state index in [-0.39, 0.29) is 11.7 Å². The van der Waals surface area contributed by atoms with Gasteiger partial charge in [0.15, 0.2) is 5.82 Å². The third-order valence-corrected chi connectivity index (χ3v) is 5.90. The minimum Gasteiger partial charge on any atom is -0.492 e. The van der Waals surface area contributed by atoms with Crippen molar-refractivity contribution in [1.29, 1.82) is 0 Å². The minimum atomic E-state index is -0.149. The summed E-state index contributed by atoms with van der Waals surface area (Å²) in [5, 5.41) is 4.63. The molecule has 7 nitrogen and oxygen atoms in total. The molecule has 1 amide bonds. The Hall–Kier alpha value is -4.13. The number of piperazine rings is 1. The number of carbonyl (C=O) groups excluding carboxylic acids is 1. The molecule has 1 aliphatic heterocycles. The van der Waals surface area contributed by atoms with Crippen LogP contribution in [0.25, 0.3) is 17.1 Å². The van der Waals surface area contributed by atoms with Gasteiger partial charge in [-0.2, -0.15) is 0 Å². The van der Waals surface area contributed by atoms with Crippen LogP contribution in [0.15, 0.2) is 84.9 Å². The topological polar surface area (TPSA) is 63.5 Å². The third kappa shape index (κ3) is 4.37. The highest BCUT2D eigenvalue weighted by Gasteiger charge is 2.27. The molecular formula is C27H27N5O2. The maximum Gasteiger partial charge on any atom is 0.293 e. The summed E-state index contributed by atoms with van der Waals surface area (Å²) in [5.74, 6) is 1.59. The van der Waals surface area contributed by atoms with E-state index in [0.717, 1.165) is 35.8 Å². The maximum atomic E-state index is 13.4. The molecule has 0 atom stereocenters. The van der Waals surface area contributed by atoms with Crippen molar-refractivity contribution in [2.45, 2.75) is 6.92 Å². The van der Waals surface area contributed by atoms with E-state index in [1.54, 1.807) is 4.68 Å². The van der Waals surface area contributed by atoms with Gasteiger partial charge in [-0.3, -0.25) is 4.79 Å². The number of nitrogens with zero attached hydrogens (tertiary/aromatic N) is 5. The first-order valence-electron chi connectivity index (χ1n) is 11.6. The molecule has 4 aromatic rings. The lowest BCUT2D eigenvalue weighted by Gasteiger charge is -2.36. The standard InChI is InChI=1S/C27H27N5O2/c1-2-34-24-16-10-9-15-23(24)30-17-19-31(20-18-30)27(33)25-28-26(21-11-5-3-6-12-21)32(29-25)22-13-7-4-8-14-22/h3-16H,2,17-20H2,1H3. The molecule has 172 valence electrons. The zero-order valence-corrected chi connectivity index (χ0v) is 19.2. The largest absolute Gasteiger partial charge is 0.492 e. The Morgan fingerprint density at radius 1 is 0.853 bits per heavy atom. The minimum absolute atomic E-state index is 0.149. The Balaban J connectivity index is 1.37. The van der Waals surface area contributed by atoms with Crippen LogP contribution in [0.2, 0.25) is 0 Å². The second-order valence-corrected chi connectivity index (χ2v) is 8.05. The van der Waals surface area contributed by atoms with Gasteiger partial charge in [-0.15, -0.1) is 5.10 Å². The van der Waals surface area contributed by atoms with Gasteiger partial charge in [0, 0.05) is 31.7 Å². The second kappa shape index (κ2) is 9.79. The maximum absolute atomic E-state index is 13.4. The predicted octanol–water partition coefficient (Wildman–Crippen LogP) is 4.30. The summed E-state index contributed by atoms with van der Waals surface area (Å²) in [7, 11) is 0. The van der Waals surface area contributed by atoms with Gasteiger partial charge in [-0.25, -0.2) is 9.67 Å². The summed E-state index contributed by atoms with van der Waals surface area (Å²) in [4.78, 5) is 22.2. The number of hydrogen-bond donors (Lipinski definition) is 0. The fourth-order valence-corrected chi connectivity index (χ4v) is 4.21. The zero-order chi connectivity index (χ0) is 23.3. The van der Waals surface area contributed by atoms with Gasteiger partial charge in [0.2, 0.25) is 5.82 Å². The first-order valence-corrected chi connectivity index (χ1v) is 11.6. The van der Waals surface area contributed by atoms with Crippen molar-refractivity contribution in [1.82, 2.24) is 19.7 Å². The molecule has 0 spiro atoms. The molecular weight excluding hydrogens is 426 g/mol. The fourth-order valence-electron chi connectivity index (χ4n) is 4.21. The number of carbonyl (C=O) groups is 1. The van der Waals surface area contributed by atoms with E-state index >= 15 is 0 Å². The van der Waals surface area contributed by atoms with Crippen LogP contribution < -0.4 is 9.64 Å². The number of hydrogen-bond acceptors (Lipinski definition) is 5. The average molecular weight is 454 g/mol. The number of aromatic nitrogens is 3. The molecule has 0 aliphatic carbocycles. The van der Waals surface area contributed by atoms with E-state index in [2.05, 4.69) is 21.0 Å². The number of amides is 1. The lowest BCUT2D eigenvalue weighted by atomic mass is 10.2. The van der Waals surface area contributed by atoms with Crippen LogP contribution in [0, 0.1) is 0 Å². The molecule has 7 heteroatoms. The number of benzene rings is 3. The van der Waals surface area contributed by atoms with Crippen molar-refractivity contribution in [3.05, 3.63) is 90.8 Å². The Bertz CT molecular complexity index is 1190. The van der Waals surface area contributed by atoms with Gasteiger partial charge in [0.05, 0.1) is 18.0 Å². The van der Waals surface area contributed by atoms with E-state index < -0.39 is 0 Å². The van der Waals surface area contributed by atoms with Gasteiger partial charge in [0.1, 0.15) is 5.75 Å². The molecule has 0 unspecified atom stereocenters. The summed E-state index contributed by atoms with van der Waals surface area (Å²) >= 11 is 0. The van der Waals surface area contributed by atoms with E-state index in [4.69, 9.17) is 4.74 Å². The molecule has 0 bridgehead atoms. The molecule has 0 radical (unpaired) electrons. The van der Waals surface area contributed by atoms with E-state index in [1.165, 1.54) is 0 Å². The van der Waals surface area contributed by atoms with Crippen LogP contribution in [0.1, 0.15) is 17.5 Å². The lowest BCUT2D eigenvalue weighted by molar-refractivity contribution is 0.0734. The van der Waals surface area contributed by atoms with Gasteiger partial charge in [-0.1, -0.05) is 60.7 Å². The summed E-state index contributed by atoms with van der Waals surface area (Å²) in [5.41, 5.74) is 2.84. The molecule has 0 saturated carbocycles. The van der Waals surface area contributed by atoms with Crippen LogP contribution in [-0.2, 0) is 0 Å². The highest BCUT2D eigenvalue weighted by atomic mass is 16.5. The summed E-state index contributed by atoms with van der Waals surface area (Å²) in [6, 6.07) is 27.7. The number of ether oxygens (including phenoxy) is 1. The lowest BCUT2D eigenvalue weighted by Crippen LogP contribution is -2.49. The SMILES string of the molecule is CCOc1ccccc1N1CCN(C(=O)c2nc(-c3ccccc3)n(-c3ccccc3)n2)CC1. The fraction of sp³-hybridized carbons (Fsp3) is 0.222. The van der Waals surface area contributed by atoms with E-state index in [1.807, 2.05) is 90.7 Å².